The van der Waals surface area contributed by atoms with Crippen molar-refractivity contribution >= 4 is 21.7 Å². The molecule has 0 bridgehead atoms. The fraction of sp³-hybridized carbons (Fsp3) is 0.619. The van der Waals surface area contributed by atoms with E-state index in [0.717, 1.165) is 25.9 Å². The van der Waals surface area contributed by atoms with E-state index in [1.54, 1.807) is 17.9 Å². The molecule has 9 nitrogen and oxygen atoms in total. The van der Waals surface area contributed by atoms with Crippen LogP contribution in [0.1, 0.15) is 60.5 Å². The van der Waals surface area contributed by atoms with Gasteiger partial charge in [0, 0.05) is 44.4 Å². The second-order valence-corrected chi connectivity index (χ2v) is 10.7. The number of piperidine rings is 2. The normalized spacial score (nSPS) is 19.1. The Morgan fingerprint density at radius 2 is 1.81 bits per heavy atom. The molecular weight excluding hydrogens is 418 g/mol. The van der Waals surface area contributed by atoms with Gasteiger partial charge in [-0.1, -0.05) is 12.1 Å². The first-order valence-corrected chi connectivity index (χ1v) is 12.7. The minimum atomic E-state index is -3.46. The summed E-state index contributed by atoms with van der Waals surface area (Å²) in [5.74, 6) is 1.28. The second-order valence-electron chi connectivity index (χ2n) is 8.76. The first-order valence-electron chi connectivity index (χ1n) is 10.8. The number of carbonyl (C=O) groups is 1. The van der Waals surface area contributed by atoms with E-state index in [0.29, 0.717) is 49.2 Å². The zero-order chi connectivity index (χ0) is 22.2. The summed E-state index contributed by atoms with van der Waals surface area (Å²) in [5, 5.41) is 3.78. The Kier molecular flexibility index (Phi) is 6.00. The van der Waals surface area contributed by atoms with Crippen LogP contribution in [0.4, 0.5) is 5.95 Å². The standard InChI is InChI=1S/C21H29N5O4S/c1-14-4-8-26(9-5-14)21-22-13-18(31(3,28)29)19(23-21)16-6-10-25(11-7-16)20(27)17-12-15(2)24-30-17/h12-14,16H,4-11H2,1-3H3. The summed E-state index contributed by atoms with van der Waals surface area (Å²) in [6.07, 6.45) is 6.08. The molecule has 10 heteroatoms. The number of anilines is 1. The van der Waals surface area contributed by atoms with Gasteiger partial charge >= 0.3 is 0 Å². The van der Waals surface area contributed by atoms with E-state index in [1.165, 1.54) is 12.5 Å². The molecule has 0 saturated carbocycles. The first-order chi connectivity index (χ1) is 14.7. The number of sulfone groups is 1. The molecule has 0 N–H and O–H groups in total. The third kappa shape index (κ3) is 4.73. The molecule has 2 aliphatic rings. The summed E-state index contributed by atoms with van der Waals surface area (Å²) in [6.45, 7) is 6.78. The molecule has 4 heterocycles. The van der Waals surface area contributed by atoms with E-state index < -0.39 is 9.84 Å². The average molecular weight is 448 g/mol. The minimum absolute atomic E-state index is 0.0456. The van der Waals surface area contributed by atoms with Crippen molar-refractivity contribution in [2.45, 2.75) is 50.3 Å². The van der Waals surface area contributed by atoms with E-state index >= 15 is 0 Å². The van der Waals surface area contributed by atoms with Crippen molar-refractivity contribution < 1.29 is 17.7 Å². The molecule has 0 aromatic carbocycles. The quantitative estimate of drug-likeness (QED) is 0.703. The van der Waals surface area contributed by atoms with Gasteiger partial charge in [-0.05, 0) is 38.5 Å². The zero-order valence-corrected chi connectivity index (χ0v) is 19.1. The smallest absolute Gasteiger partial charge is 0.292 e. The topological polar surface area (TPSA) is 110 Å². The molecule has 4 rings (SSSR count). The molecule has 2 aromatic rings. The lowest BCUT2D eigenvalue weighted by Gasteiger charge is -2.33. The lowest BCUT2D eigenvalue weighted by atomic mass is 9.93. The number of hydrogen-bond acceptors (Lipinski definition) is 8. The van der Waals surface area contributed by atoms with Gasteiger partial charge < -0.3 is 14.3 Å². The predicted octanol–water partition coefficient (Wildman–Crippen LogP) is 2.43. The highest BCUT2D eigenvalue weighted by atomic mass is 32.2. The van der Waals surface area contributed by atoms with Crippen LogP contribution in [0.15, 0.2) is 21.7 Å². The Morgan fingerprint density at radius 3 is 2.39 bits per heavy atom. The second kappa shape index (κ2) is 8.57. The van der Waals surface area contributed by atoms with Crippen LogP contribution in [0.5, 0.6) is 0 Å². The van der Waals surface area contributed by atoms with Gasteiger partial charge in [0.25, 0.3) is 5.91 Å². The van der Waals surface area contributed by atoms with Crippen molar-refractivity contribution in [2.75, 3.05) is 37.3 Å². The molecule has 2 aromatic heterocycles. The number of aryl methyl sites for hydroxylation is 1. The van der Waals surface area contributed by atoms with Crippen LogP contribution >= 0.6 is 0 Å². The summed E-state index contributed by atoms with van der Waals surface area (Å²) < 4.78 is 29.9. The Bertz CT molecular complexity index is 1050. The largest absolute Gasteiger partial charge is 0.351 e. The maximum Gasteiger partial charge on any atom is 0.292 e. The van der Waals surface area contributed by atoms with Gasteiger partial charge in [-0.25, -0.2) is 18.4 Å². The fourth-order valence-corrected chi connectivity index (χ4v) is 5.13. The SMILES string of the molecule is Cc1cc(C(=O)N2CCC(c3nc(N4CCC(C)CC4)ncc3S(C)(=O)=O)CC2)on1. The Hall–Kier alpha value is -2.49. The number of rotatable bonds is 4. The van der Waals surface area contributed by atoms with Gasteiger partial charge in [-0.15, -0.1) is 0 Å². The first kappa shape index (κ1) is 21.7. The maximum atomic E-state index is 12.6. The van der Waals surface area contributed by atoms with Crippen LogP contribution < -0.4 is 4.90 Å². The highest BCUT2D eigenvalue weighted by molar-refractivity contribution is 7.90. The van der Waals surface area contributed by atoms with Gasteiger partial charge in [0.15, 0.2) is 9.84 Å². The summed E-state index contributed by atoms with van der Waals surface area (Å²) in [5.41, 5.74) is 1.24. The molecule has 0 atom stereocenters. The van der Waals surface area contributed by atoms with Crippen molar-refractivity contribution in [3.05, 3.63) is 29.4 Å². The fourth-order valence-electron chi connectivity index (χ4n) is 4.29. The lowest BCUT2D eigenvalue weighted by Crippen LogP contribution is -2.38. The number of amides is 1. The minimum Gasteiger partial charge on any atom is -0.351 e. The summed E-state index contributed by atoms with van der Waals surface area (Å²) in [7, 11) is -3.46. The van der Waals surface area contributed by atoms with Crippen molar-refractivity contribution in [3.63, 3.8) is 0 Å². The Balaban J connectivity index is 1.54. The number of aromatic nitrogens is 3. The van der Waals surface area contributed by atoms with Crippen molar-refractivity contribution in [3.8, 4) is 0 Å². The summed E-state index contributed by atoms with van der Waals surface area (Å²) in [4.78, 5) is 25.8. The van der Waals surface area contributed by atoms with Gasteiger partial charge in [0.1, 0.15) is 4.90 Å². The monoisotopic (exact) mass is 447 g/mol. The molecule has 2 aliphatic heterocycles. The zero-order valence-electron chi connectivity index (χ0n) is 18.2. The van der Waals surface area contributed by atoms with Crippen LogP contribution in [-0.2, 0) is 9.84 Å². The number of carbonyl (C=O) groups excluding carboxylic acids is 1. The van der Waals surface area contributed by atoms with Crippen LogP contribution in [0.3, 0.4) is 0 Å². The van der Waals surface area contributed by atoms with Gasteiger partial charge in [0.05, 0.1) is 17.6 Å². The molecule has 168 valence electrons. The summed E-state index contributed by atoms with van der Waals surface area (Å²) >= 11 is 0. The number of hydrogen-bond donors (Lipinski definition) is 0. The van der Waals surface area contributed by atoms with E-state index in [2.05, 4.69) is 22.0 Å². The highest BCUT2D eigenvalue weighted by Crippen LogP contribution is 2.33. The highest BCUT2D eigenvalue weighted by Gasteiger charge is 2.31. The lowest BCUT2D eigenvalue weighted by molar-refractivity contribution is 0.0669. The third-order valence-electron chi connectivity index (χ3n) is 6.24. The van der Waals surface area contributed by atoms with E-state index in [9.17, 15) is 13.2 Å². The number of likely N-dealkylation sites (tertiary alicyclic amines) is 1. The molecule has 2 saturated heterocycles. The predicted molar refractivity (Wildman–Crippen MR) is 115 cm³/mol. The van der Waals surface area contributed by atoms with Gasteiger partial charge in [-0.2, -0.15) is 0 Å². The van der Waals surface area contributed by atoms with E-state index in [4.69, 9.17) is 9.51 Å². The van der Waals surface area contributed by atoms with Crippen molar-refractivity contribution in [2.24, 2.45) is 5.92 Å². The molecule has 0 spiro atoms. The third-order valence-corrected chi connectivity index (χ3v) is 7.36. The molecule has 0 aliphatic carbocycles. The Labute approximate surface area is 182 Å². The molecule has 0 radical (unpaired) electrons. The summed E-state index contributed by atoms with van der Waals surface area (Å²) in [6, 6.07) is 1.63. The van der Waals surface area contributed by atoms with Crippen LogP contribution in [0.25, 0.3) is 0 Å². The van der Waals surface area contributed by atoms with Crippen molar-refractivity contribution in [1.82, 2.24) is 20.0 Å². The molecule has 2 fully saturated rings. The molecular formula is C21H29N5O4S. The van der Waals surface area contributed by atoms with Gasteiger partial charge in [-0.3, -0.25) is 4.79 Å². The maximum absolute atomic E-state index is 12.6. The van der Waals surface area contributed by atoms with Gasteiger partial charge in [0.2, 0.25) is 11.7 Å². The van der Waals surface area contributed by atoms with Crippen LogP contribution in [-0.4, -0.2) is 66.8 Å². The number of nitrogens with zero attached hydrogens (tertiary/aromatic N) is 5. The molecule has 1 amide bonds. The van der Waals surface area contributed by atoms with Crippen molar-refractivity contribution in [1.29, 1.82) is 0 Å². The van der Waals surface area contributed by atoms with E-state index in [-0.39, 0.29) is 22.5 Å². The average Bonchev–Trinajstić information content (AvgIpc) is 3.19. The molecule has 31 heavy (non-hydrogen) atoms. The Morgan fingerprint density at radius 1 is 1.13 bits per heavy atom. The molecule has 0 unspecified atom stereocenters. The van der Waals surface area contributed by atoms with Crippen LogP contribution in [0, 0.1) is 12.8 Å². The van der Waals surface area contributed by atoms with Crippen LogP contribution in [0.2, 0.25) is 0 Å². The van der Waals surface area contributed by atoms with E-state index in [1.807, 2.05) is 0 Å².